The van der Waals surface area contributed by atoms with Gasteiger partial charge in [-0.15, -0.1) is 0 Å². The zero-order valence-electron chi connectivity index (χ0n) is 12.5. The molecular weight excluding hydrogens is 206 g/mol. The second-order valence-electron chi connectivity index (χ2n) is 6.60. The summed E-state index contributed by atoms with van der Waals surface area (Å²) < 4.78 is 0. The summed E-state index contributed by atoms with van der Waals surface area (Å²) in [6.45, 7) is 10.7. The molecule has 0 unspecified atom stereocenters. The Hall–Kier alpha value is -0.0400. The molecule has 1 aliphatic carbocycles. The van der Waals surface area contributed by atoms with Crippen molar-refractivity contribution >= 4 is 0 Å². The summed E-state index contributed by atoms with van der Waals surface area (Å²) >= 11 is 0. The van der Waals surface area contributed by atoms with Crippen LogP contribution in [0.4, 0.5) is 0 Å². The lowest BCUT2D eigenvalue weighted by molar-refractivity contribution is 0.255. The van der Waals surface area contributed by atoms with Crippen molar-refractivity contribution < 1.29 is 0 Å². The van der Waals surface area contributed by atoms with Gasteiger partial charge in [0, 0.05) is 6.04 Å². The molecule has 0 amide bonds. The van der Waals surface area contributed by atoms with Gasteiger partial charge in [0.25, 0.3) is 0 Å². The topological polar surface area (TPSA) is 12.0 Å². The van der Waals surface area contributed by atoms with Crippen molar-refractivity contribution in [2.75, 3.05) is 6.54 Å². The predicted octanol–water partition coefficient (Wildman–Crippen LogP) is 4.62. The average Bonchev–Trinajstić information content (AvgIpc) is 2.19. The van der Waals surface area contributed by atoms with Gasteiger partial charge in [0.15, 0.2) is 0 Å². The van der Waals surface area contributed by atoms with Crippen molar-refractivity contribution in [3.8, 4) is 0 Å². The van der Waals surface area contributed by atoms with E-state index in [-0.39, 0.29) is 0 Å². The Kier molecular flexibility index (Phi) is 7.18. The van der Waals surface area contributed by atoms with Gasteiger partial charge >= 0.3 is 0 Å². The van der Waals surface area contributed by atoms with Crippen molar-refractivity contribution in [3.63, 3.8) is 0 Å². The van der Waals surface area contributed by atoms with Crippen molar-refractivity contribution in [1.29, 1.82) is 0 Å². The molecule has 0 spiro atoms. The first kappa shape index (κ1) is 15.0. The molecule has 1 aliphatic rings. The van der Waals surface area contributed by atoms with Gasteiger partial charge in [0.1, 0.15) is 0 Å². The Bertz CT molecular complexity index is 170. The molecule has 102 valence electrons. The van der Waals surface area contributed by atoms with Crippen LogP contribution < -0.4 is 5.32 Å². The number of rotatable bonds is 5. The lowest BCUT2D eigenvalue weighted by Crippen LogP contribution is -2.37. The van der Waals surface area contributed by atoms with Crippen molar-refractivity contribution in [3.05, 3.63) is 0 Å². The second-order valence-corrected chi connectivity index (χ2v) is 6.60. The summed E-state index contributed by atoms with van der Waals surface area (Å²) in [5, 5.41) is 3.85. The third-order valence-electron chi connectivity index (χ3n) is 4.46. The fourth-order valence-electron chi connectivity index (χ4n) is 3.20. The molecule has 0 aromatic rings. The van der Waals surface area contributed by atoms with Gasteiger partial charge < -0.3 is 5.32 Å². The molecule has 0 aliphatic heterocycles. The van der Waals surface area contributed by atoms with Crippen LogP contribution in [-0.4, -0.2) is 12.6 Å². The first-order valence-electron chi connectivity index (χ1n) is 7.84. The van der Waals surface area contributed by atoms with Crippen LogP contribution in [0.25, 0.3) is 0 Å². The van der Waals surface area contributed by atoms with Crippen molar-refractivity contribution in [2.45, 2.75) is 78.7 Å². The molecular formula is C16H33N. The zero-order valence-corrected chi connectivity index (χ0v) is 12.5. The fraction of sp³-hybridized carbons (Fsp3) is 1.00. The van der Waals surface area contributed by atoms with Crippen LogP contribution in [-0.2, 0) is 0 Å². The summed E-state index contributed by atoms with van der Waals surface area (Å²) in [4.78, 5) is 0. The minimum atomic E-state index is 0.801. The van der Waals surface area contributed by atoms with Gasteiger partial charge in [-0.2, -0.15) is 0 Å². The van der Waals surface area contributed by atoms with Crippen LogP contribution in [0.1, 0.15) is 72.6 Å². The van der Waals surface area contributed by atoms with E-state index >= 15 is 0 Å². The number of hydrogen-bond donors (Lipinski definition) is 1. The Balaban J connectivity index is 2.30. The minimum Gasteiger partial charge on any atom is -0.314 e. The van der Waals surface area contributed by atoms with E-state index in [4.69, 9.17) is 0 Å². The summed E-state index contributed by atoms with van der Waals surface area (Å²) in [5.41, 5.74) is 0. The summed E-state index contributed by atoms with van der Waals surface area (Å²) in [5.74, 6) is 2.44. The number of nitrogens with one attached hydrogen (secondary N) is 1. The minimum absolute atomic E-state index is 0.801. The molecule has 1 heteroatoms. The van der Waals surface area contributed by atoms with E-state index in [2.05, 4.69) is 33.0 Å². The Labute approximate surface area is 109 Å². The van der Waals surface area contributed by atoms with Gasteiger partial charge in [-0.05, 0) is 37.1 Å². The van der Waals surface area contributed by atoms with E-state index in [1.165, 1.54) is 51.5 Å². The molecule has 0 atom stereocenters. The summed E-state index contributed by atoms with van der Waals surface area (Å²) in [6.07, 6.45) is 10.1. The van der Waals surface area contributed by atoms with Crippen LogP contribution >= 0.6 is 0 Å². The van der Waals surface area contributed by atoms with Crippen molar-refractivity contribution in [2.24, 2.45) is 17.8 Å². The van der Waals surface area contributed by atoms with Crippen LogP contribution in [0.2, 0.25) is 0 Å². The molecule has 0 aromatic carbocycles. The highest BCUT2D eigenvalue weighted by molar-refractivity contribution is 4.75. The highest BCUT2D eigenvalue weighted by Gasteiger charge is 2.19. The first-order valence-corrected chi connectivity index (χ1v) is 7.84. The molecule has 0 saturated heterocycles. The molecule has 0 radical (unpaired) electrons. The highest BCUT2D eigenvalue weighted by atomic mass is 14.9. The van der Waals surface area contributed by atoms with Crippen LogP contribution in [0.5, 0.6) is 0 Å². The van der Waals surface area contributed by atoms with Crippen molar-refractivity contribution in [1.82, 2.24) is 5.32 Å². The predicted molar refractivity (Wildman–Crippen MR) is 77.3 cm³/mol. The molecule has 1 rings (SSSR count). The van der Waals surface area contributed by atoms with E-state index < -0.39 is 0 Å². The molecule has 1 fully saturated rings. The molecule has 0 aromatic heterocycles. The molecule has 17 heavy (non-hydrogen) atoms. The maximum atomic E-state index is 3.85. The standard InChI is InChI=1S/C16H33N/c1-13(2)16(14(3)4)12-17-15-10-8-6-5-7-9-11-15/h13-17H,5-12H2,1-4H3. The van der Waals surface area contributed by atoms with Gasteiger partial charge in [-0.25, -0.2) is 0 Å². The van der Waals surface area contributed by atoms with E-state index in [0.717, 1.165) is 23.8 Å². The number of hydrogen-bond acceptors (Lipinski definition) is 1. The SMILES string of the molecule is CC(C)C(CNC1CCCCCCC1)C(C)C. The van der Waals surface area contributed by atoms with Gasteiger partial charge in [0.05, 0.1) is 0 Å². The second kappa shape index (κ2) is 8.13. The largest absolute Gasteiger partial charge is 0.314 e. The maximum absolute atomic E-state index is 3.85. The van der Waals surface area contributed by atoms with E-state index in [0.29, 0.717) is 0 Å². The average molecular weight is 239 g/mol. The van der Waals surface area contributed by atoms with Crippen LogP contribution in [0.3, 0.4) is 0 Å². The Morgan fingerprint density at radius 2 is 1.29 bits per heavy atom. The fourth-order valence-corrected chi connectivity index (χ4v) is 3.20. The first-order chi connectivity index (χ1) is 8.11. The monoisotopic (exact) mass is 239 g/mol. The Morgan fingerprint density at radius 3 is 1.76 bits per heavy atom. The van der Waals surface area contributed by atoms with Crippen LogP contribution in [0, 0.1) is 17.8 Å². The molecule has 1 saturated carbocycles. The normalized spacial score (nSPS) is 19.9. The third kappa shape index (κ3) is 5.90. The van der Waals surface area contributed by atoms with Gasteiger partial charge in [-0.1, -0.05) is 59.8 Å². The molecule has 0 bridgehead atoms. The highest BCUT2D eigenvalue weighted by Crippen LogP contribution is 2.21. The summed E-state index contributed by atoms with van der Waals surface area (Å²) in [7, 11) is 0. The van der Waals surface area contributed by atoms with Gasteiger partial charge in [-0.3, -0.25) is 0 Å². The molecule has 0 heterocycles. The van der Waals surface area contributed by atoms with Gasteiger partial charge in [0.2, 0.25) is 0 Å². The van der Waals surface area contributed by atoms with E-state index in [1.54, 1.807) is 0 Å². The lowest BCUT2D eigenvalue weighted by Gasteiger charge is -2.29. The molecule has 1 N–H and O–H groups in total. The summed E-state index contributed by atoms with van der Waals surface area (Å²) in [6, 6.07) is 0.801. The quantitative estimate of drug-likeness (QED) is 0.738. The van der Waals surface area contributed by atoms with Crippen LogP contribution in [0.15, 0.2) is 0 Å². The lowest BCUT2D eigenvalue weighted by atomic mass is 9.85. The van der Waals surface area contributed by atoms with E-state index in [1.807, 2.05) is 0 Å². The van der Waals surface area contributed by atoms with E-state index in [9.17, 15) is 0 Å². The molecule has 1 nitrogen and oxygen atoms in total. The Morgan fingerprint density at radius 1 is 0.824 bits per heavy atom. The third-order valence-corrected chi connectivity index (χ3v) is 4.46. The zero-order chi connectivity index (χ0) is 12.7. The smallest absolute Gasteiger partial charge is 0.00671 e. The maximum Gasteiger partial charge on any atom is 0.00671 e.